The molecule has 1 heterocycles. The van der Waals surface area contributed by atoms with E-state index >= 15 is 0 Å². The molecule has 0 aromatic heterocycles. The highest BCUT2D eigenvalue weighted by Gasteiger charge is 2.27. The zero-order chi connectivity index (χ0) is 20.6. The normalized spacial score (nSPS) is 14.7. The van der Waals surface area contributed by atoms with E-state index in [0.717, 1.165) is 42.5 Å². The molecule has 29 heavy (non-hydrogen) atoms. The van der Waals surface area contributed by atoms with Gasteiger partial charge in [0.05, 0.1) is 5.69 Å². The lowest BCUT2D eigenvalue weighted by molar-refractivity contribution is -0.136. The van der Waals surface area contributed by atoms with Gasteiger partial charge in [-0.1, -0.05) is 62.4 Å². The van der Waals surface area contributed by atoms with Crippen molar-refractivity contribution < 1.29 is 9.59 Å². The highest BCUT2D eigenvalue weighted by atomic mass is 16.2. The number of rotatable bonds is 6. The number of nitrogens with zero attached hydrogens (tertiary/aromatic N) is 1. The molecule has 1 aliphatic rings. The van der Waals surface area contributed by atoms with Crippen LogP contribution in [0.15, 0.2) is 54.6 Å². The van der Waals surface area contributed by atoms with Gasteiger partial charge in [-0.25, -0.2) is 4.79 Å². The molecule has 0 saturated carbocycles. The Hall–Kier alpha value is -2.82. The second-order valence-corrected chi connectivity index (χ2v) is 7.62. The number of amides is 3. The molecule has 1 aliphatic heterocycles. The number of benzene rings is 2. The molecule has 3 amide bonds. The Morgan fingerprint density at radius 1 is 0.966 bits per heavy atom. The van der Waals surface area contributed by atoms with Gasteiger partial charge >= 0.3 is 6.03 Å². The minimum atomic E-state index is -0.196. The second kappa shape index (κ2) is 10.1. The van der Waals surface area contributed by atoms with Crippen molar-refractivity contribution >= 4 is 17.6 Å². The van der Waals surface area contributed by atoms with Gasteiger partial charge in [0.1, 0.15) is 0 Å². The summed E-state index contributed by atoms with van der Waals surface area (Å²) in [5.74, 6) is 0.381. The number of urea groups is 1. The Kier molecular flexibility index (Phi) is 7.28. The molecule has 2 aromatic carbocycles. The topological polar surface area (TPSA) is 61.4 Å². The lowest BCUT2D eigenvalue weighted by Crippen LogP contribution is -2.48. The smallest absolute Gasteiger partial charge is 0.319 e. The molecule has 5 heteroatoms. The second-order valence-electron chi connectivity index (χ2n) is 7.62. The highest BCUT2D eigenvalue weighted by Crippen LogP contribution is 2.27. The molecule has 1 saturated heterocycles. The predicted molar refractivity (Wildman–Crippen MR) is 118 cm³/mol. The summed E-state index contributed by atoms with van der Waals surface area (Å²) in [5.41, 5.74) is 2.85. The molecular formula is C24H31N3O2. The number of carbonyl (C=O) groups is 2. The summed E-state index contributed by atoms with van der Waals surface area (Å²) in [7, 11) is 0. The maximum atomic E-state index is 12.6. The molecule has 0 aliphatic carbocycles. The molecule has 3 rings (SSSR count). The van der Waals surface area contributed by atoms with E-state index in [4.69, 9.17) is 0 Å². The molecular weight excluding hydrogens is 362 g/mol. The Bertz CT molecular complexity index is 810. The molecule has 1 fully saturated rings. The highest BCUT2D eigenvalue weighted by molar-refractivity contribution is 5.94. The number of para-hydroxylation sites is 1. The largest absolute Gasteiger partial charge is 0.342 e. The Morgan fingerprint density at radius 2 is 1.59 bits per heavy atom. The minimum absolute atomic E-state index is 0.0876. The fourth-order valence-corrected chi connectivity index (χ4v) is 3.95. The van der Waals surface area contributed by atoms with Gasteiger partial charge in [-0.15, -0.1) is 0 Å². The van der Waals surface area contributed by atoms with E-state index in [9.17, 15) is 9.59 Å². The summed E-state index contributed by atoms with van der Waals surface area (Å²) in [6.45, 7) is 5.55. The third kappa shape index (κ3) is 5.37. The van der Waals surface area contributed by atoms with E-state index in [1.807, 2.05) is 59.5 Å². The fourth-order valence-electron chi connectivity index (χ4n) is 3.95. The third-order valence-corrected chi connectivity index (χ3v) is 5.74. The molecule has 0 radical (unpaired) electrons. The summed E-state index contributed by atoms with van der Waals surface area (Å²) in [6, 6.07) is 17.7. The van der Waals surface area contributed by atoms with E-state index < -0.39 is 0 Å². The van der Waals surface area contributed by atoms with Crippen molar-refractivity contribution in [1.29, 1.82) is 0 Å². The maximum absolute atomic E-state index is 12.6. The van der Waals surface area contributed by atoms with Crippen LogP contribution in [0.3, 0.4) is 0 Å². The third-order valence-electron chi connectivity index (χ3n) is 5.74. The average molecular weight is 394 g/mol. The maximum Gasteiger partial charge on any atom is 0.319 e. The summed E-state index contributed by atoms with van der Waals surface area (Å²) < 4.78 is 0. The first-order valence-corrected chi connectivity index (χ1v) is 10.6. The van der Waals surface area contributed by atoms with Gasteiger partial charge in [-0.3, -0.25) is 4.79 Å². The first-order valence-electron chi connectivity index (χ1n) is 10.6. The van der Waals surface area contributed by atoms with Crippen LogP contribution in [0.1, 0.15) is 39.5 Å². The van der Waals surface area contributed by atoms with Crippen LogP contribution >= 0.6 is 0 Å². The van der Waals surface area contributed by atoms with E-state index in [0.29, 0.717) is 13.1 Å². The Balaban J connectivity index is 1.55. The van der Waals surface area contributed by atoms with Gasteiger partial charge in [0.25, 0.3) is 0 Å². The Morgan fingerprint density at radius 3 is 2.24 bits per heavy atom. The quantitative estimate of drug-likeness (QED) is 0.733. The van der Waals surface area contributed by atoms with Gasteiger partial charge in [-0.2, -0.15) is 0 Å². The molecule has 2 aromatic rings. The predicted octanol–water partition coefficient (Wildman–Crippen LogP) is 4.90. The van der Waals surface area contributed by atoms with Crippen LogP contribution in [0.4, 0.5) is 10.5 Å². The number of anilines is 1. The first kappa shape index (κ1) is 20.9. The van der Waals surface area contributed by atoms with E-state index in [-0.39, 0.29) is 23.9 Å². The van der Waals surface area contributed by atoms with E-state index in [1.165, 1.54) is 0 Å². The van der Waals surface area contributed by atoms with Crippen LogP contribution in [0, 0.1) is 5.92 Å². The van der Waals surface area contributed by atoms with Crippen LogP contribution in [-0.2, 0) is 4.79 Å². The van der Waals surface area contributed by atoms with E-state index in [2.05, 4.69) is 24.5 Å². The molecule has 2 N–H and O–H groups in total. The van der Waals surface area contributed by atoms with Crippen molar-refractivity contribution in [2.75, 3.05) is 18.4 Å². The van der Waals surface area contributed by atoms with Crippen LogP contribution in [0.2, 0.25) is 0 Å². The van der Waals surface area contributed by atoms with Gasteiger partial charge in [-0.05, 0) is 37.3 Å². The molecule has 5 nitrogen and oxygen atoms in total. The molecule has 0 spiro atoms. The van der Waals surface area contributed by atoms with Crippen LogP contribution in [0.25, 0.3) is 11.1 Å². The zero-order valence-corrected chi connectivity index (χ0v) is 17.4. The van der Waals surface area contributed by atoms with Crippen molar-refractivity contribution in [3.8, 4) is 11.1 Å². The number of carbonyl (C=O) groups excluding carboxylic acids is 2. The van der Waals surface area contributed by atoms with Gasteiger partial charge in [0, 0.05) is 30.6 Å². The summed E-state index contributed by atoms with van der Waals surface area (Å²) in [5, 5.41) is 6.07. The summed E-state index contributed by atoms with van der Waals surface area (Å²) >= 11 is 0. The van der Waals surface area contributed by atoms with Gasteiger partial charge in [0.2, 0.25) is 5.91 Å². The molecule has 0 unspecified atom stereocenters. The number of hydrogen-bond donors (Lipinski definition) is 2. The van der Waals surface area contributed by atoms with Crippen molar-refractivity contribution in [3.05, 3.63) is 54.6 Å². The van der Waals surface area contributed by atoms with E-state index in [1.54, 1.807) is 0 Å². The van der Waals surface area contributed by atoms with Crippen LogP contribution in [-0.4, -0.2) is 36.0 Å². The van der Waals surface area contributed by atoms with Crippen LogP contribution in [0.5, 0.6) is 0 Å². The SMILES string of the molecule is CCC(CC)C(=O)N1CCC(NC(=O)Nc2ccccc2-c2ccccc2)CC1. The molecule has 154 valence electrons. The zero-order valence-electron chi connectivity index (χ0n) is 17.4. The molecule has 0 atom stereocenters. The fraction of sp³-hybridized carbons (Fsp3) is 0.417. The lowest BCUT2D eigenvalue weighted by Gasteiger charge is -2.34. The number of piperidine rings is 1. The van der Waals surface area contributed by atoms with Gasteiger partial charge < -0.3 is 15.5 Å². The standard InChI is InChI=1S/C24H31N3O2/c1-3-18(4-2)23(28)27-16-14-20(15-17-27)25-24(29)26-22-13-9-8-12-21(22)19-10-6-5-7-11-19/h5-13,18,20H,3-4,14-17H2,1-2H3,(H2,25,26,29). The summed E-state index contributed by atoms with van der Waals surface area (Å²) in [6.07, 6.45) is 3.35. The van der Waals surface area contributed by atoms with Crippen molar-refractivity contribution in [2.24, 2.45) is 5.92 Å². The number of nitrogens with one attached hydrogen (secondary N) is 2. The monoisotopic (exact) mass is 393 g/mol. The lowest BCUT2D eigenvalue weighted by atomic mass is 9.98. The first-order chi connectivity index (χ1) is 14.1. The number of likely N-dealkylation sites (tertiary alicyclic amines) is 1. The van der Waals surface area contributed by atoms with Crippen molar-refractivity contribution in [1.82, 2.24) is 10.2 Å². The molecule has 0 bridgehead atoms. The van der Waals surface area contributed by atoms with Crippen molar-refractivity contribution in [3.63, 3.8) is 0 Å². The number of hydrogen-bond acceptors (Lipinski definition) is 2. The van der Waals surface area contributed by atoms with Crippen LogP contribution < -0.4 is 10.6 Å². The van der Waals surface area contributed by atoms with Gasteiger partial charge in [0.15, 0.2) is 0 Å². The average Bonchev–Trinajstić information content (AvgIpc) is 2.76. The Labute approximate surface area is 173 Å². The minimum Gasteiger partial charge on any atom is -0.342 e. The van der Waals surface area contributed by atoms with Crippen molar-refractivity contribution in [2.45, 2.75) is 45.6 Å². The summed E-state index contributed by atoms with van der Waals surface area (Å²) in [4.78, 5) is 27.1.